The van der Waals surface area contributed by atoms with E-state index in [0.29, 0.717) is 11.8 Å². The number of rotatable bonds is 2. The zero-order valence-electron chi connectivity index (χ0n) is 12.7. The Kier molecular flexibility index (Phi) is 4.32. The molecule has 21 heavy (non-hydrogen) atoms. The van der Waals surface area contributed by atoms with Crippen molar-refractivity contribution in [2.75, 3.05) is 13.1 Å². The predicted octanol–water partition coefficient (Wildman–Crippen LogP) is 4.82. The van der Waals surface area contributed by atoms with E-state index in [1.165, 1.54) is 28.7 Å². The van der Waals surface area contributed by atoms with Crippen molar-refractivity contribution < 1.29 is 0 Å². The van der Waals surface area contributed by atoms with Gasteiger partial charge in [0.05, 0.1) is 0 Å². The molecular formula is C19H22ClN. The molecule has 0 bridgehead atoms. The number of piperidine rings is 1. The van der Waals surface area contributed by atoms with Crippen molar-refractivity contribution in [1.82, 2.24) is 5.32 Å². The highest BCUT2D eigenvalue weighted by Gasteiger charge is 2.27. The molecule has 2 atom stereocenters. The molecule has 1 nitrogen and oxygen atoms in total. The summed E-state index contributed by atoms with van der Waals surface area (Å²) in [5.74, 6) is 1.07. The minimum absolute atomic E-state index is 0.500. The molecule has 2 heteroatoms. The average molecular weight is 300 g/mol. The molecule has 0 aliphatic carbocycles. The lowest BCUT2D eigenvalue weighted by Gasteiger charge is -2.33. The molecule has 1 N–H and O–H groups in total. The quantitative estimate of drug-likeness (QED) is 0.838. The smallest absolute Gasteiger partial charge is 0.0408 e. The van der Waals surface area contributed by atoms with E-state index < -0.39 is 0 Å². The molecule has 2 aromatic carbocycles. The fraction of sp³-hybridized carbons (Fsp3) is 0.368. The zero-order chi connectivity index (χ0) is 14.8. The number of hydrogen-bond donors (Lipinski definition) is 1. The third-order valence-corrected chi connectivity index (χ3v) is 4.95. The number of benzene rings is 2. The van der Waals surface area contributed by atoms with Crippen LogP contribution in [-0.4, -0.2) is 13.1 Å². The van der Waals surface area contributed by atoms with Gasteiger partial charge in [0, 0.05) is 17.5 Å². The molecule has 0 aromatic heterocycles. The topological polar surface area (TPSA) is 12.0 Å². The second kappa shape index (κ2) is 6.21. The van der Waals surface area contributed by atoms with Crippen molar-refractivity contribution in [2.45, 2.75) is 32.1 Å². The number of aryl methyl sites for hydroxylation is 2. The molecule has 2 unspecified atom stereocenters. The van der Waals surface area contributed by atoms with Gasteiger partial charge in [-0.05, 0) is 67.1 Å². The molecular weight excluding hydrogens is 278 g/mol. The van der Waals surface area contributed by atoms with Gasteiger partial charge in [-0.3, -0.25) is 0 Å². The van der Waals surface area contributed by atoms with Crippen LogP contribution < -0.4 is 5.32 Å². The summed E-state index contributed by atoms with van der Waals surface area (Å²) in [6.07, 6.45) is 1.18. The summed E-state index contributed by atoms with van der Waals surface area (Å²) in [6.45, 7) is 6.50. The summed E-state index contributed by atoms with van der Waals surface area (Å²) in [5.41, 5.74) is 5.56. The first-order chi connectivity index (χ1) is 10.1. The van der Waals surface area contributed by atoms with Gasteiger partial charge in [-0.25, -0.2) is 0 Å². The van der Waals surface area contributed by atoms with Crippen molar-refractivity contribution in [2.24, 2.45) is 0 Å². The number of hydrogen-bond acceptors (Lipinski definition) is 1. The van der Waals surface area contributed by atoms with Crippen LogP contribution in [0.1, 0.15) is 40.5 Å². The van der Waals surface area contributed by atoms with E-state index in [9.17, 15) is 0 Å². The maximum atomic E-state index is 6.18. The van der Waals surface area contributed by atoms with E-state index in [2.05, 4.69) is 55.6 Å². The van der Waals surface area contributed by atoms with Crippen LogP contribution in [0.2, 0.25) is 5.02 Å². The molecule has 0 amide bonds. The van der Waals surface area contributed by atoms with Crippen LogP contribution >= 0.6 is 11.6 Å². The molecule has 3 rings (SSSR count). The zero-order valence-corrected chi connectivity index (χ0v) is 13.5. The number of nitrogens with one attached hydrogen (secondary N) is 1. The van der Waals surface area contributed by atoms with Gasteiger partial charge in [0.15, 0.2) is 0 Å². The monoisotopic (exact) mass is 299 g/mol. The van der Waals surface area contributed by atoms with Crippen molar-refractivity contribution in [3.8, 4) is 0 Å². The van der Waals surface area contributed by atoms with Crippen LogP contribution in [0.15, 0.2) is 42.5 Å². The Labute approximate surface area is 132 Å². The predicted molar refractivity (Wildman–Crippen MR) is 90.3 cm³/mol. The lowest BCUT2D eigenvalue weighted by atomic mass is 9.77. The van der Waals surface area contributed by atoms with Crippen LogP contribution in [0.25, 0.3) is 0 Å². The third-order valence-electron chi connectivity index (χ3n) is 4.72. The molecule has 1 heterocycles. The first-order valence-electron chi connectivity index (χ1n) is 7.68. The summed E-state index contributed by atoms with van der Waals surface area (Å²) in [7, 11) is 0. The largest absolute Gasteiger partial charge is 0.316 e. The van der Waals surface area contributed by atoms with Crippen LogP contribution in [0, 0.1) is 13.8 Å². The lowest BCUT2D eigenvalue weighted by Crippen LogP contribution is -2.34. The van der Waals surface area contributed by atoms with E-state index in [1.807, 2.05) is 6.07 Å². The minimum Gasteiger partial charge on any atom is -0.316 e. The fourth-order valence-corrected chi connectivity index (χ4v) is 3.54. The van der Waals surface area contributed by atoms with Gasteiger partial charge < -0.3 is 5.32 Å². The van der Waals surface area contributed by atoms with Gasteiger partial charge >= 0.3 is 0 Å². The van der Waals surface area contributed by atoms with Gasteiger partial charge in [-0.2, -0.15) is 0 Å². The Bertz CT molecular complexity index is 635. The van der Waals surface area contributed by atoms with Crippen molar-refractivity contribution in [3.63, 3.8) is 0 Å². The Morgan fingerprint density at radius 2 is 1.76 bits per heavy atom. The van der Waals surface area contributed by atoms with Crippen molar-refractivity contribution in [1.29, 1.82) is 0 Å². The Hall–Kier alpha value is -1.31. The Balaban J connectivity index is 1.96. The molecule has 1 saturated heterocycles. The minimum atomic E-state index is 0.500. The van der Waals surface area contributed by atoms with Gasteiger partial charge in [-0.1, -0.05) is 41.9 Å². The average Bonchev–Trinajstić information content (AvgIpc) is 2.50. The molecule has 1 fully saturated rings. The van der Waals surface area contributed by atoms with Gasteiger partial charge in [-0.15, -0.1) is 0 Å². The summed E-state index contributed by atoms with van der Waals surface area (Å²) in [5, 5.41) is 4.37. The molecule has 0 radical (unpaired) electrons. The van der Waals surface area contributed by atoms with E-state index in [-0.39, 0.29) is 0 Å². The highest BCUT2D eigenvalue weighted by molar-refractivity contribution is 6.30. The Morgan fingerprint density at radius 1 is 0.952 bits per heavy atom. The SMILES string of the molecule is Cc1ccc(C2CCNCC2c2cccc(Cl)c2)cc1C. The second-order valence-corrected chi connectivity index (χ2v) is 6.54. The highest BCUT2D eigenvalue weighted by atomic mass is 35.5. The Morgan fingerprint density at radius 3 is 2.52 bits per heavy atom. The maximum Gasteiger partial charge on any atom is 0.0408 e. The van der Waals surface area contributed by atoms with Crippen LogP contribution in [0.5, 0.6) is 0 Å². The van der Waals surface area contributed by atoms with E-state index in [4.69, 9.17) is 11.6 Å². The normalized spacial score (nSPS) is 22.2. The summed E-state index contributed by atoms with van der Waals surface area (Å²) in [6, 6.07) is 15.3. The molecule has 0 spiro atoms. The first kappa shape index (κ1) is 14.6. The van der Waals surface area contributed by atoms with Crippen molar-refractivity contribution >= 4 is 11.6 Å². The van der Waals surface area contributed by atoms with Gasteiger partial charge in [0.1, 0.15) is 0 Å². The van der Waals surface area contributed by atoms with Gasteiger partial charge in [0.2, 0.25) is 0 Å². The third kappa shape index (κ3) is 3.14. The lowest BCUT2D eigenvalue weighted by molar-refractivity contribution is 0.404. The molecule has 0 saturated carbocycles. The first-order valence-corrected chi connectivity index (χ1v) is 8.06. The highest BCUT2D eigenvalue weighted by Crippen LogP contribution is 2.38. The summed E-state index contributed by atoms with van der Waals surface area (Å²) in [4.78, 5) is 0. The molecule has 2 aromatic rings. The molecule has 1 aliphatic rings. The van der Waals surface area contributed by atoms with E-state index in [0.717, 1.165) is 18.1 Å². The standard InChI is InChI=1S/C19H22ClN/c1-13-6-7-16(10-14(13)2)18-8-9-21-12-19(18)15-4-3-5-17(20)11-15/h3-7,10-11,18-19,21H,8-9,12H2,1-2H3. The van der Waals surface area contributed by atoms with Crippen LogP contribution in [-0.2, 0) is 0 Å². The van der Waals surface area contributed by atoms with Gasteiger partial charge in [0.25, 0.3) is 0 Å². The fourth-order valence-electron chi connectivity index (χ4n) is 3.34. The van der Waals surface area contributed by atoms with Crippen LogP contribution in [0.3, 0.4) is 0 Å². The summed E-state index contributed by atoms with van der Waals surface area (Å²) < 4.78 is 0. The van der Waals surface area contributed by atoms with Crippen molar-refractivity contribution in [3.05, 3.63) is 69.7 Å². The number of halogens is 1. The second-order valence-electron chi connectivity index (χ2n) is 6.10. The van der Waals surface area contributed by atoms with E-state index >= 15 is 0 Å². The molecule has 110 valence electrons. The summed E-state index contributed by atoms with van der Waals surface area (Å²) >= 11 is 6.18. The van der Waals surface area contributed by atoms with Crippen LogP contribution in [0.4, 0.5) is 0 Å². The van der Waals surface area contributed by atoms with E-state index in [1.54, 1.807) is 0 Å². The molecule has 1 aliphatic heterocycles. The maximum absolute atomic E-state index is 6.18.